The van der Waals surface area contributed by atoms with Crippen LogP contribution < -0.4 is 0 Å². The molecule has 0 saturated heterocycles. The predicted octanol–water partition coefficient (Wildman–Crippen LogP) is 4.88. The standard InChI is InChI=1S/C14H4I4O2/c15-9-7-8(10(16)12(18)11(9)17)14(20)6-4-2-1-3-5(6)13(7)19/h1-4H. The maximum atomic E-state index is 12.7. The van der Waals surface area contributed by atoms with E-state index in [1.165, 1.54) is 0 Å². The molecule has 1 aliphatic rings. The fourth-order valence-corrected chi connectivity index (χ4v) is 5.89. The molecule has 0 aromatic heterocycles. The molecule has 0 unspecified atom stereocenters. The Kier molecular flexibility index (Phi) is 4.46. The van der Waals surface area contributed by atoms with Gasteiger partial charge in [-0.25, -0.2) is 0 Å². The average molecular weight is 712 g/mol. The summed E-state index contributed by atoms with van der Waals surface area (Å²) in [5.41, 5.74) is 2.14. The minimum Gasteiger partial charge on any atom is -0.289 e. The van der Waals surface area contributed by atoms with Crippen LogP contribution >= 0.6 is 90.4 Å². The van der Waals surface area contributed by atoms with Crippen molar-refractivity contribution in [2.45, 2.75) is 0 Å². The topological polar surface area (TPSA) is 34.1 Å². The molecule has 6 heteroatoms. The van der Waals surface area contributed by atoms with Gasteiger partial charge in [0.15, 0.2) is 11.6 Å². The SMILES string of the molecule is O=C1c2ccccc2C(=O)c2c(I)c(I)c(I)c(I)c21. The molecular weight excluding hydrogens is 708 g/mol. The highest BCUT2D eigenvalue weighted by Gasteiger charge is 2.35. The van der Waals surface area contributed by atoms with Gasteiger partial charge in [0, 0.05) is 36.5 Å². The largest absolute Gasteiger partial charge is 0.289 e. The zero-order chi connectivity index (χ0) is 14.6. The minimum absolute atomic E-state index is 0.0492. The Morgan fingerprint density at radius 2 is 0.950 bits per heavy atom. The van der Waals surface area contributed by atoms with Crippen LogP contribution in [0.1, 0.15) is 31.8 Å². The molecule has 0 aliphatic heterocycles. The zero-order valence-electron chi connectivity index (χ0n) is 9.64. The van der Waals surface area contributed by atoms with E-state index in [1.807, 2.05) is 0 Å². The van der Waals surface area contributed by atoms with Crippen molar-refractivity contribution in [2.24, 2.45) is 0 Å². The lowest BCUT2D eigenvalue weighted by Crippen LogP contribution is -2.24. The van der Waals surface area contributed by atoms with Gasteiger partial charge in [0.25, 0.3) is 0 Å². The molecule has 0 heterocycles. The van der Waals surface area contributed by atoms with Gasteiger partial charge in [-0.3, -0.25) is 9.59 Å². The highest BCUT2D eigenvalue weighted by molar-refractivity contribution is 14.1. The molecule has 3 rings (SSSR count). The van der Waals surface area contributed by atoms with E-state index in [2.05, 4.69) is 90.4 Å². The van der Waals surface area contributed by atoms with Crippen LogP contribution in [0.2, 0.25) is 0 Å². The molecule has 0 atom stereocenters. The fourth-order valence-electron chi connectivity index (χ4n) is 2.21. The van der Waals surface area contributed by atoms with Crippen molar-refractivity contribution >= 4 is 102 Å². The first-order valence-electron chi connectivity index (χ1n) is 5.49. The molecule has 0 fully saturated rings. The van der Waals surface area contributed by atoms with Gasteiger partial charge in [-0.15, -0.1) is 0 Å². The van der Waals surface area contributed by atoms with Crippen LogP contribution in [-0.4, -0.2) is 11.6 Å². The second-order valence-corrected chi connectivity index (χ2v) is 8.52. The van der Waals surface area contributed by atoms with E-state index < -0.39 is 0 Å². The highest BCUT2D eigenvalue weighted by Crippen LogP contribution is 2.38. The van der Waals surface area contributed by atoms with Gasteiger partial charge in [-0.2, -0.15) is 0 Å². The van der Waals surface area contributed by atoms with Gasteiger partial charge >= 0.3 is 0 Å². The Morgan fingerprint density at radius 3 is 1.30 bits per heavy atom. The molecule has 2 aromatic carbocycles. The smallest absolute Gasteiger partial charge is 0.195 e. The number of benzene rings is 2. The van der Waals surface area contributed by atoms with Crippen LogP contribution in [0.25, 0.3) is 0 Å². The third kappa shape index (κ3) is 2.19. The van der Waals surface area contributed by atoms with Crippen LogP contribution in [0, 0.1) is 14.3 Å². The van der Waals surface area contributed by atoms with Crippen LogP contribution in [0.3, 0.4) is 0 Å². The quantitative estimate of drug-likeness (QED) is 0.190. The summed E-state index contributed by atoms with van der Waals surface area (Å²) in [5, 5.41) is 0. The predicted molar refractivity (Wildman–Crippen MR) is 111 cm³/mol. The minimum atomic E-state index is -0.0492. The van der Waals surface area contributed by atoms with E-state index in [1.54, 1.807) is 24.3 Å². The summed E-state index contributed by atoms with van der Waals surface area (Å²) in [6, 6.07) is 7.05. The molecule has 2 aromatic rings. The number of hydrogen-bond acceptors (Lipinski definition) is 2. The molecule has 2 nitrogen and oxygen atoms in total. The molecule has 100 valence electrons. The van der Waals surface area contributed by atoms with Crippen molar-refractivity contribution < 1.29 is 9.59 Å². The summed E-state index contributed by atoms with van der Waals surface area (Å²) in [4.78, 5) is 25.4. The maximum absolute atomic E-state index is 12.7. The summed E-state index contributed by atoms with van der Waals surface area (Å²) in [6.45, 7) is 0. The number of carbonyl (C=O) groups is 2. The molecule has 0 N–H and O–H groups in total. The van der Waals surface area contributed by atoms with Crippen molar-refractivity contribution in [3.8, 4) is 0 Å². The summed E-state index contributed by atoms with van der Waals surface area (Å²) in [6.07, 6.45) is 0. The summed E-state index contributed by atoms with van der Waals surface area (Å²) < 4.78 is 3.81. The van der Waals surface area contributed by atoms with Gasteiger partial charge in [-0.05, 0) is 90.4 Å². The molecule has 0 amide bonds. The normalized spacial score (nSPS) is 13.2. The first-order chi connectivity index (χ1) is 9.45. The number of hydrogen-bond donors (Lipinski definition) is 0. The zero-order valence-corrected chi connectivity index (χ0v) is 18.3. The second kappa shape index (κ2) is 5.72. The molecule has 0 radical (unpaired) electrons. The molecule has 0 spiro atoms. The highest BCUT2D eigenvalue weighted by atomic mass is 127. The molecule has 20 heavy (non-hydrogen) atoms. The van der Waals surface area contributed by atoms with Gasteiger partial charge in [0.2, 0.25) is 0 Å². The van der Waals surface area contributed by atoms with Gasteiger partial charge in [0.05, 0.1) is 0 Å². The van der Waals surface area contributed by atoms with Crippen molar-refractivity contribution in [3.05, 3.63) is 60.8 Å². The Bertz CT molecular complexity index is 730. The van der Waals surface area contributed by atoms with Crippen LogP contribution in [-0.2, 0) is 0 Å². The molecule has 1 aliphatic carbocycles. The number of ketones is 2. The van der Waals surface area contributed by atoms with Crippen molar-refractivity contribution in [1.29, 1.82) is 0 Å². The van der Waals surface area contributed by atoms with Crippen LogP contribution in [0.15, 0.2) is 24.3 Å². The lowest BCUT2D eigenvalue weighted by atomic mass is 9.84. The number of halogens is 4. The van der Waals surface area contributed by atoms with E-state index in [0.29, 0.717) is 22.3 Å². The summed E-state index contributed by atoms with van der Waals surface area (Å²) in [7, 11) is 0. The number of rotatable bonds is 0. The maximum Gasteiger partial charge on any atom is 0.195 e. The van der Waals surface area contributed by atoms with E-state index in [9.17, 15) is 9.59 Å². The third-order valence-corrected chi connectivity index (χ3v) is 10.5. The Morgan fingerprint density at radius 1 is 0.600 bits per heavy atom. The first-order valence-corrected chi connectivity index (χ1v) is 9.81. The lowest BCUT2D eigenvalue weighted by Gasteiger charge is -2.21. The fraction of sp³-hybridized carbons (Fsp3) is 0. The second-order valence-electron chi connectivity index (χ2n) is 4.21. The monoisotopic (exact) mass is 712 g/mol. The van der Waals surface area contributed by atoms with E-state index >= 15 is 0 Å². The first kappa shape index (κ1) is 15.6. The third-order valence-electron chi connectivity index (χ3n) is 3.14. The van der Waals surface area contributed by atoms with E-state index in [-0.39, 0.29) is 11.6 Å². The number of carbonyl (C=O) groups excluding carboxylic acids is 2. The van der Waals surface area contributed by atoms with E-state index in [4.69, 9.17) is 0 Å². The summed E-state index contributed by atoms with van der Waals surface area (Å²) >= 11 is 8.80. The van der Waals surface area contributed by atoms with Crippen LogP contribution in [0.4, 0.5) is 0 Å². The van der Waals surface area contributed by atoms with Crippen molar-refractivity contribution in [2.75, 3.05) is 0 Å². The Hall–Kier alpha value is 0.700. The van der Waals surface area contributed by atoms with Crippen molar-refractivity contribution in [1.82, 2.24) is 0 Å². The van der Waals surface area contributed by atoms with Gasteiger partial charge in [0.1, 0.15) is 0 Å². The number of fused-ring (bicyclic) bond motifs is 2. The molecule has 0 bridgehead atoms. The van der Waals surface area contributed by atoms with E-state index in [0.717, 1.165) is 14.3 Å². The summed E-state index contributed by atoms with van der Waals surface area (Å²) in [5.74, 6) is -0.0985. The van der Waals surface area contributed by atoms with Crippen LogP contribution in [0.5, 0.6) is 0 Å². The molecule has 0 saturated carbocycles. The average Bonchev–Trinajstić information content (AvgIpc) is 2.46. The Balaban J connectivity index is 2.46. The van der Waals surface area contributed by atoms with Gasteiger partial charge < -0.3 is 0 Å². The van der Waals surface area contributed by atoms with Gasteiger partial charge in [-0.1, -0.05) is 24.3 Å². The Labute approximate surface area is 170 Å². The van der Waals surface area contributed by atoms with Crippen molar-refractivity contribution in [3.63, 3.8) is 0 Å². The molecular formula is C14H4I4O2. The lowest BCUT2D eigenvalue weighted by molar-refractivity contribution is 0.0977.